The van der Waals surface area contributed by atoms with E-state index in [1.54, 1.807) is 0 Å². The quantitative estimate of drug-likeness (QED) is 0.660. The summed E-state index contributed by atoms with van der Waals surface area (Å²) < 4.78 is 0. The van der Waals surface area contributed by atoms with Crippen LogP contribution in [0.4, 0.5) is 0 Å². The van der Waals surface area contributed by atoms with Crippen LogP contribution in [0.15, 0.2) is 0 Å². The van der Waals surface area contributed by atoms with E-state index in [1.165, 1.54) is 32.1 Å². The third kappa shape index (κ3) is 11.5. The van der Waals surface area contributed by atoms with Crippen molar-refractivity contribution in [3.05, 3.63) is 0 Å². The molecule has 0 amide bonds. The van der Waals surface area contributed by atoms with E-state index < -0.39 is 0 Å². The Kier molecular flexibility index (Phi) is 16.1. The molecule has 0 spiro atoms. The number of aliphatic hydroxyl groups is 1. The van der Waals surface area contributed by atoms with Crippen molar-refractivity contribution in [2.24, 2.45) is 17.8 Å². The minimum Gasteiger partial charge on any atom is -0.393 e. The highest BCUT2D eigenvalue weighted by atomic mass is 16.3. The predicted molar refractivity (Wildman–Crippen MR) is 88.5 cm³/mol. The van der Waals surface area contributed by atoms with Crippen LogP contribution in [0.25, 0.3) is 0 Å². The molecule has 0 heterocycles. The summed E-state index contributed by atoms with van der Waals surface area (Å²) in [5.74, 6) is 2.31. The first kappa shape index (κ1) is 21.3. The maximum absolute atomic E-state index is 9.76. The second-order valence-electron chi connectivity index (χ2n) is 6.09. The lowest BCUT2D eigenvalue weighted by Crippen LogP contribution is -2.28. The monoisotopic (exact) mass is 272 g/mol. The van der Waals surface area contributed by atoms with Gasteiger partial charge in [-0.2, -0.15) is 0 Å². The van der Waals surface area contributed by atoms with Gasteiger partial charge in [0.1, 0.15) is 0 Å². The van der Waals surface area contributed by atoms with Crippen LogP contribution in [-0.4, -0.2) is 11.2 Å². The second kappa shape index (κ2) is 14.4. The van der Waals surface area contributed by atoms with Crippen LogP contribution in [0.1, 0.15) is 93.4 Å². The van der Waals surface area contributed by atoms with Crippen LogP contribution < -0.4 is 0 Å². The first-order valence-corrected chi connectivity index (χ1v) is 8.73. The third-order valence-electron chi connectivity index (χ3n) is 3.73. The average molecular weight is 273 g/mol. The van der Waals surface area contributed by atoms with E-state index in [4.69, 9.17) is 0 Å². The largest absolute Gasteiger partial charge is 0.393 e. The summed E-state index contributed by atoms with van der Waals surface area (Å²) in [5.41, 5.74) is 0. The molecule has 1 saturated carbocycles. The molecule has 3 atom stereocenters. The van der Waals surface area contributed by atoms with Crippen molar-refractivity contribution in [2.75, 3.05) is 0 Å². The van der Waals surface area contributed by atoms with Gasteiger partial charge in [-0.3, -0.25) is 0 Å². The van der Waals surface area contributed by atoms with Gasteiger partial charge in [-0.1, -0.05) is 74.1 Å². The summed E-state index contributed by atoms with van der Waals surface area (Å²) in [4.78, 5) is 0. The minimum atomic E-state index is -0.00435. The Hall–Kier alpha value is -0.0400. The average Bonchev–Trinajstić information content (AvgIpc) is 2.41. The lowest BCUT2D eigenvalue weighted by Gasteiger charge is -2.33. The molecule has 0 aliphatic heterocycles. The van der Waals surface area contributed by atoms with Crippen LogP contribution in [-0.2, 0) is 0 Å². The molecule has 1 heteroatoms. The minimum absolute atomic E-state index is 0.00435. The van der Waals surface area contributed by atoms with Crippen molar-refractivity contribution >= 4 is 0 Å². The highest BCUT2D eigenvalue weighted by Gasteiger charge is 2.27. The van der Waals surface area contributed by atoms with Gasteiger partial charge in [0.25, 0.3) is 0 Å². The number of hydrogen-bond acceptors (Lipinski definition) is 1. The Morgan fingerprint density at radius 1 is 1.05 bits per heavy atom. The van der Waals surface area contributed by atoms with Gasteiger partial charge in [0.2, 0.25) is 0 Å². The summed E-state index contributed by atoms with van der Waals surface area (Å²) in [6, 6.07) is 0. The lowest BCUT2D eigenvalue weighted by atomic mass is 9.76. The Balaban J connectivity index is 0. The van der Waals surface area contributed by atoms with E-state index in [-0.39, 0.29) is 6.10 Å². The molecule has 1 rings (SSSR count). The lowest BCUT2D eigenvalue weighted by molar-refractivity contribution is 0.0434. The maximum atomic E-state index is 9.76. The molecular formula is C18H40O. The fourth-order valence-corrected chi connectivity index (χ4v) is 2.62. The fourth-order valence-electron chi connectivity index (χ4n) is 2.62. The molecule has 1 aliphatic carbocycles. The second-order valence-corrected chi connectivity index (χ2v) is 6.09. The van der Waals surface area contributed by atoms with E-state index in [1.807, 2.05) is 13.8 Å². The van der Waals surface area contributed by atoms with Crippen LogP contribution in [0.3, 0.4) is 0 Å². The Morgan fingerprint density at radius 3 is 2.00 bits per heavy atom. The molecule has 0 radical (unpaired) electrons. The van der Waals surface area contributed by atoms with Gasteiger partial charge < -0.3 is 5.11 Å². The van der Waals surface area contributed by atoms with E-state index in [9.17, 15) is 5.11 Å². The fraction of sp³-hybridized carbons (Fsp3) is 1.00. The molecule has 0 aromatic rings. The van der Waals surface area contributed by atoms with E-state index >= 15 is 0 Å². The van der Waals surface area contributed by atoms with Crippen LogP contribution in [0, 0.1) is 17.8 Å². The normalized spacial score (nSPS) is 26.1. The van der Waals surface area contributed by atoms with Crippen LogP contribution >= 0.6 is 0 Å². The van der Waals surface area contributed by atoms with Crippen LogP contribution in [0.5, 0.6) is 0 Å². The summed E-state index contributed by atoms with van der Waals surface area (Å²) in [7, 11) is 0. The van der Waals surface area contributed by atoms with Crippen molar-refractivity contribution in [3.8, 4) is 0 Å². The van der Waals surface area contributed by atoms with E-state index in [0.29, 0.717) is 5.92 Å². The van der Waals surface area contributed by atoms with Crippen LogP contribution in [0.2, 0.25) is 0 Å². The van der Waals surface area contributed by atoms with Gasteiger partial charge in [-0.05, 0) is 37.0 Å². The predicted octanol–water partition coefficient (Wildman–Crippen LogP) is 6.05. The summed E-state index contributed by atoms with van der Waals surface area (Å²) in [6.07, 6.45) is 8.70. The van der Waals surface area contributed by atoms with Gasteiger partial charge in [0.05, 0.1) is 6.10 Å². The molecular weight excluding hydrogens is 232 g/mol. The highest BCUT2D eigenvalue weighted by molar-refractivity contribution is 4.79. The molecule has 0 bridgehead atoms. The van der Waals surface area contributed by atoms with Crippen molar-refractivity contribution < 1.29 is 5.11 Å². The molecule has 118 valence electrons. The first-order valence-electron chi connectivity index (χ1n) is 8.73. The SMILES string of the molecule is CC.CCC.CCC1CC(CCC(C)C)CCC1O. The molecule has 1 nitrogen and oxygen atoms in total. The van der Waals surface area contributed by atoms with Crippen molar-refractivity contribution in [3.63, 3.8) is 0 Å². The number of rotatable bonds is 4. The molecule has 1 aliphatic rings. The van der Waals surface area contributed by atoms with Crippen molar-refractivity contribution in [1.82, 2.24) is 0 Å². The van der Waals surface area contributed by atoms with Gasteiger partial charge in [-0.15, -0.1) is 0 Å². The standard InChI is InChI=1S/C13H26O.C3H8.C2H6/c1-4-12-9-11(6-5-10(2)3)7-8-13(12)14;1-3-2;1-2/h10-14H,4-9H2,1-3H3;3H2,1-2H3;1-2H3. The summed E-state index contributed by atoms with van der Waals surface area (Å²) in [5, 5.41) is 9.76. The van der Waals surface area contributed by atoms with E-state index in [0.717, 1.165) is 24.7 Å². The zero-order valence-electron chi connectivity index (χ0n) is 14.7. The van der Waals surface area contributed by atoms with Gasteiger partial charge in [0.15, 0.2) is 0 Å². The van der Waals surface area contributed by atoms with Crippen molar-refractivity contribution in [2.45, 2.75) is 99.5 Å². The summed E-state index contributed by atoms with van der Waals surface area (Å²) in [6.45, 7) is 15.1. The number of aliphatic hydroxyl groups excluding tert-OH is 1. The highest BCUT2D eigenvalue weighted by Crippen LogP contribution is 2.34. The maximum Gasteiger partial charge on any atom is 0.0568 e. The molecule has 1 N–H and O–H groups in total. The smallest absolute Gasteiger partial charge is 0.0568 e. The van der Waals surface area contributed by atoms with Crippen molar-refractivity contribution in [1.29, 1.82) is 0 Å². The molecule has 19 heavy (non-hydrogen) atoms. The van der Waals surface area contributed by atoms with Gasteiger partial charge in [-0.25, -0.2) is 0 Å². The molecule has 3 unspecified atom stereocenters. The zero-order valence-corrected chi connectivity index (χ0v) is 14.7. The summed E-state index contributed by atoms with van der Waals surface area (Å²) >= 11 is 0. The van der Waals surface area contributed by atoms with Gasteiger partial charge >= 0.3 is 0 Å². The van der Waals surface area contributed by atoms with E-state index in [2.05, 4.69) is 34.6 Å². The first-order chi connectivity index (χ1) is 9.04. The third-order valence-corrected chi connectivity index (χ3v) is 3.73. The Morgan fingerprint density at radius 2 is 1.58 bits per heavy atom. The Bertz CT molecular complexity index is 165. The zero-order chi connectivity index (χ0) is 15.3. The molecule has 0 aromatic carbocycles. The Labute approximate surface area is 123 Å². The molecule has 0 saturated heterocycles. The molecule has 0 aromatic heterocycles. The topological polar surface area (TPSA) is 20.2 Å². The van der Waals surface area contributed by atoms with Gasteiger partial charge in [0, 0.05) is 0 Å². The molecule has 1 fully saturated rings. The number of hydrogen-bond donors (Lipinski definition) is 1.